The summed E-state index contributed by atoms with van der Waals surface area (Å²) in [5.41, 5.74) is 2.03. The van der Waals surface area contributed by atoms with E-state index in [1.807, 2.05) is 37.3 Å². The molecule has 2 heterocycles. The number of aromatic nitrogens is 1. The first-order valence-electron chi connectivity index (χ1n) is 8.05. The van der Waals surface area contributed by atoms with E-state index in [-0.39, 0.29) is 18.4 Å². The first kappa shape index (κ1) is 16.2. The molecule has 1 aromatic heterocycles. The zero-order valence-corrected chi connectivity index (χ0v) is 13.7. The minimum atomic E-state index is -0.878. The van der Waals surface area contributed by atoms with Crippen LogP contribution in [0.5, 0.6) is 0 Å². The summed E-state index contributed by atoms with van der Waals surface area (Å²) in [4.78, 5) is 26.2. The van der Waals surface area contributed by atoms with E-state index in [4.69, 9.17) is 4.52 Å². The summed E-state index contributed by atoms with van der Waals surface area (Å²) in [5.74, 6) is -1.42. The lowest BCUT2D eigenvalue weighted by Gasteiger charge is -2.16. The molecule has 0 aliphatic carbocycles. The fourth-order valence-corrected chi connectivity index (χ4v) is 3.35. The second-order valence-corrected chi connectivity index (χ2v) is 6.09. The third-order valence-corrected chi connectivity index (χ3v) is 4.63. The molecule has 6 nitrogen and oxygen atoms in total. The topological polar surface area (TPSA) is 83.6 Å². The van der Waals surface area contributed by atoms with Crippen LogP contribution in [-0.2, 0) is 11.2 Å². The fraction of sp³-hybridized carbons (Fsp3) is 0.389. The molecule has 1 aliphatic heterocycles. The molecule has 126 valence electrons. The minimum absolute atomic E-state index is 0.196. The molecule has 0 saturated carbocycles. The van der Waals surface area contributed by atoms with Crippen molar-refractivity contribution in [2.24, 2.45) is 5.92 Å². The van der Waals surface area contributed by atoms with Gasteiger partial charge in [0, 0.05) is 19.0 Å². The van der Waals surface area contributed by atoms with Crippen LogP contribution < -0.4 is 0 Å². The van der Waals surface area contributed by atoms with Crippen LogP contribution in [0.25, 0.3) is 0 Å². The summed E-state index contributed by atoms with van der Waals surface area (Å²) in [6.07, 6.45) is 0.594. The van der Waals surface area contributed by atoms with Gasteiger partial charge in [-0.05, 0) is 18.9 Å². The molecule has 2 atom stereocenters. The van der Waals surface area contributed by atoms with Crippen molar-refractivity contribution < 1.29 is 19.2 Å². The molecule has 24 heavy (non-hydrogen) atoms. The van der Waals surface area contributed by atoms with Crippen LogP contribution in [0.1, 0.15) is 40.2 Å². The second-order valence-electron chi connectivity index (χ2n) is 6.09. The van der Waals surface area contributed by atoms with Gasteiger partial charge in [0.25, 0.3) is 5.91 Å². The van der Waals surface area contributed by atoms with Crippen LogP contribution in [0.15, 0.2) is 34.9 Å². The Balaban J connectivity index is 1.89. The van der Waals surface area contributed by atoms with Crippen molar-refractivity contribution >= 4 is 11.9 Å². The van der Waals surface area contributed by atoms with Crippen molar-refractivity contribution in [2.75, 3.05) is 13.1 Å². The maximum absolute atomic E-state index is 12.9. The maximum Gasteiger partial charge on any atom is 0.308 e. The van der Waals surface area contributed by atoms with Gasteiger partial charge < -0.3 is 14.5 Å². The predicted molar refractivity (Wildman–Crippen MR) is 86.8 cm³/mol. The number of benzene rings is 1. The molecule has 6 heteroatoms. The lowest BCUT2D eigenvalue weighted by Crippen LogP contribution is -2.30. The summed E-state index contributed by atoms with van der Waals surface area (Å²) in [7, 11) is 0. The van der Waals surface area contributed by atoms with Crippen molar-refractivity contribution in [3.63, 3.8) is 0 Å². The molecule has 1 fully saturated rings. The van der Waals surface area contributed by atoms with E-state index in [1.165, 1.54) is 0 Å². The molecule has 0 spiro atoms. The van der Waals surface area contributed by atoms with E-state index >= 15 is 0 Å². The standard InChI is InChI=1S/C18H20N2O4/c1-3-15-16(11(2)24-19-15)17(21)20-9-13(14(10-20)18(22)23)12-7-5-4-6-8-12/h4-8,13-14H,3,9-10H2,1-2H3,(H,22,23)/t13-,14-/m0/s1. The van der Waals surface area contributed by atoms with Crippen molar-refractivity contribution in [1.29, 1.82) is 0 Å². The van der Waals surface area contributed by atoms with Crippen LogP contribution in [0.4, 0.5) is 0 Å². The highest BCUT2D eigenvalue weighted by atomic mass is 16.5. The lowest BCUT2D eigenvalue weighted by atomic mass is 9.89. The third-order valence-electron chi connectivity index (χ3n) is 4.63. The third kappa shape index (κ3) is 2.79. The van der Waals surface area contributed by atoms with E-state index in [2.05, 4.69) is 5.16 Å². The number of hydrogen-bond acceptors (Lipinski definition) is 4. The summed E-state index contributed by atoms with van der Waals surface area (Å²) in [5, 5.41) is 13.5. The average Bonchev–Trinajstić information content (AvgIpc) is 3.19. The Kier molecular flexibility index (Phi) is 4.38. The molecule has 1 aliphatic rings. The van der Waals surface area contributed by atoms with E-state index in [1.54, 1.807) is 11.8 Å². The number of carboxylic acid groups (broad SMARTS) is 1. The van der Waals surface area contributed by atoms with Crippen molar-refractivity contribution in [2.45, 2.75) is 26.2 Å². The highest BCUT2D eigenvalue weighted by Crippen LogP contribution is 2.34. The van der Waals surface area contributed by atoms with E-state index in [9.17, 15) is 14.7 Å². The smallest absolute Gasteiger partial charge is 0.308 e. The number of hydrogen-bond donors (Lipinski definition) is 1. The average molecular weight is 328 g/mol. The summed E-state index contributed by atoms with van der Waals surface area (Å²) in [6, 6.07) is 9.49. The van der Waals surface area contributed by atoms with Gasteiger partial charge in [0.2, 0.25) is 0 Å². The number of likely N-dealkylation sites (tertiary alicyclic amines) is 1. The number of amides is 1. The molecule has 2 aromatic rings. The number of aryl methyl sites for hydroxylation is 2. The highest BCUT2D eigenvalue weighted by Gasteiger charge is 2.41. The molecule has 0 bridgehead atoms. The van der Waals surface area contributed by atoms with Gasteiger partial charge in [0.1, 0.15) is 11.3 Å². The van der Waals surface area contributed by atoms with E-state index in [0.717, 1.165) is 5.56 Å². The molecule has 1 N–H and O–H groups in total. The van der Waals surface area contributed by atoms with Crippen molar-refractivity contribution in [1.82, 2.24) is 10.1 Å². The minimum Gasteiger partial charge on any atom is -0.481 e. The SMILES string of the molecule is CCc1noc(C)c1C(=O)N1C[C@H](C(=O)O)[C@H](c2ccccc2)C1. The van der Waals surface area contributed by atoms with Crippen LogP contribution in [-0.4, -0.2) is 40.1 Å². The van der Waals surface area contributed by atoms with Gasteiger partial charge in [-0.3, -0.25) is 9.59 Å². The van der Waals surface area contributed by atoms with Crippen molar-refractivity contribution in [3.05, 3.63) is 52.9 Å². The van der Waals surface area contributed by atoms with Gasteiger partial charge in [-0.2, -0.15) is 0 Å². The van der Waals surface area contributed by atoms with Gasteiger partial charge in [-0.1, -0.05) is 42.4 Å². The Morgan fingerprint density at radius 2 is 2.00 bits per heavy atom. The Labute approximate surface area is 140 Å². The number of rotatable bonds is 4. The Morgan fingerprint density at radius 3 is 2.62 bits per heavy atom. The van der Waals surface area contributed by atoms with Crippen LogP contribution in [0, 0.1) is 12.8 Å². The zero-order valence-electron chi connectivity index (χ0n) is 13.7. The number of nitrogens with zero attached hydrogens (tertiary/aromatic N) is 2. The van der Waals surface area contributed by atoms with Crippen LogP contribution >= 0.6 is 0 Å². The summed E-state index contributed by atoms with van der Waals surface area (Å²) < 4.78 is 5.14. The van der Waals surface area contributed by atoms with Crippen LogP contribution in [0.2, 0.25) is 0 Å². The highest BCUT2D eigenvalue weighted by molar-refractivity contribution is 5.97. The normalized spacial score (nSPS) is 20.3. The number of carboxylic acids is 1. The molecule has 0 unspecified atom stereocenters. The number of carbonyl (C=O) groups excluding carboxylic acids is 1. The molecular formula is C18H20N2O4. The Morgan fingerprint density at radius 1 is 1.29 bits per heavy atom. The fourth-order valence-electron chi connectivity index (χ4n) is 3.35. The van der Waals surface area contributed by atoms with Gasteiger partial charge in [-0.15, -0.1) is 0 Å². The Bertz CT molecular complexity index is 754. The van der Waals surface area contributed by atoms with Crippen LogP contribution in [0.3, 0.4) is 0 Å². The maximum atomic E-state index is 12.9. The summed E-state index contributed by atoms with van der Waals surface area (Å²) >= 11 is 0. The van der Waals surface area contributed by atoms with Gasteiger partial charge in [-0.25, -0.2) is 0 Å². The predicted octanol–water partition coefficient (Wildman–Crippen LogP) is 2.49. The summed E-state index contributed by atoms with van der Waals surface area (Å²) in [6.45, 7) is 4.19. The number of carbonyl (C=O) groups is 2. The molecule has 0 radical (unpaired) electrons. The zero-order chi connectivity index (χ0) is 17.3. The monoisotopic (exact) mass is 328 g/mol. The first-order valence-corrected chi connectivity index (χ1v) is 8.05. The van der Waals surface area contributed by atoms with Gasteiger partial charge in [0.15, 0.2) is 0 Å². The van der Waals surface area contributed by atoms with Gasteiger partial charge >= 0.3 is 5.97 Å². The molecular weight excluding hydrogens is 308 g/mol. The first-order chi connectivity index (χ1) is 11.5. The second kappa shape index (κ2) is 6.47. The molecule has 1 amide bonds. The Hall–Kier alpha value is -2.63. The van der Waals surface area contributed by atoms with E-state index < -0.39 is 11.9 Å². The van der Waals surface area contributed by atoms with Crippen molar-refractivity contribution in [3.8, 4) is 0 Å². The van der Waals surface area contributed by atoms with Gasteiger partial charge in [0.05, 0.1) is 11.6 Å². The molecule has 1 saturated heterocycles. The number of aliphatic carboxylic acids is 1. The lowest BCUT2D eigenvalue weighted by molar-refractivity contribution is -0.141. The molecule has 1 aromatic carbocycles. The largest absolute Gasteiger partial charge is 0.481 e. The molecule has 3 rings (SSSR count). The van der Waals surface area contributed by atoms with E-state index in [0.29, 0.717) is 30.0 Å². The quantitative estimate of drug-likeness (QED) is 0.932.